The van der Waals surface area contributed by atoms with Gasteiger partial charge in [0.15, 0.2) is 11.4 Å². The quantitative estimate of drug-likeness (QED) is 0.292. The second-order valence-electron chi connectivity index (χ2n) is 11.7. The summed E-state index contributed by atoms with van der Waals surface area (Å²) < 4.78 is 36.4. The fraction of sp³-hybridized carbons (Fsp3) is 0.379. The minimum absolute atomic E-state index is 0.222. The molecule has 4 N–H and O–H groups in total. The largest absolute Gasteiger partial charge is 0.492 e. The number of hydrogen-bond donors (Lipinski definition) is 4. The zero-order valence-electron chi connectivity index (χ0n) is 25.9. The molecule has 2 heterocycles. The second kappa shape index (κ2) is 11.2. The molecule has 1 aliphatic rings. The van der Waals surface area contributed by atoms with E-state index in [-0.39, 0.29) is 22.8 Å². The van der Waals surface area contributed by atoms with E-state index in [9.17, 15) is 13.2 Å². The van der Waals surface area contributed by atoms with Crippen LogP contribution in [0.2, 0.25) is 0 Å². The van der Waals surface area contributed by atoms with Crippen LogP contribution in [-0.2, 0) is 29.5 Å². The highest BCUT2D eigenvalue weighted by Crippen LogP contribution is 2.39. The van der Waals surface area contributed by atoms with E-state index in [1.54, 1.807) is 18.2 Å². The molecule has 0 aliphatic carbocycles. The minimum Gasteiger partial charge on any atom is -0.492 e. The van der Waals surface area contributed by atoms with Gasteiger partial charge in [0, 0.05) is 5.56 Å². The lowest BCUT2D eigenvalue weighted by Gasteiger charge is -2.24. The van der Waals surface area contributed by atoms with Crippen LogP contribution in [0.5, 0.6) is 5.75 Å². The van der Waals surface area contributed by atoms with Crippen LogP contribution in [0.3, 0.4) is 0 Å². The maximum atomic E-state index is 13.6. The number of hydrazine groups is 2. The van der Waals surface area contributed by atoms with Gasteiger partial charge in [0.25, 0.3) is 5.91 Å². The molecule has 4 rings (SSSR count). The summed E-state index contributed by atoms with van der Waals surface area (Å²) >= 11 is 0. The summed E-state index contributed by atoms with van der Waals surface area (Å²) in [5, 5.41) is 4.77. The Morgan fingerprint density at radius 2 is 1.79 bits per heavy atom. The molecule has 0 radical (unpaired) electrons. The number of nitrogens with one attached hydrogen (secondary N) is 4. The highest BCUT2D eigenvalue weighted by atomic mass is 32.2. The maximum absolute atomic E-state index is 13.6. The van der Waals surface area contributed by atoms with Gasteiger partial charge < -0.3 is 10.1 Å². The number of rotatable bonds is 8. The van der Waals surface area contributed by atoms with E-state index in [1.165, 1.54) is 7.11 Å². The molecule has 13 heteroatoms. The molecule has 0 saturated heterocycles. The number of imidazole rings is 1. The third-order valence-electron chi connectivity index (χ3n) is 6.97. The van der Waals surface area contributed by atoms with E-state index in [0.717, 1.165) is 40.4 Å². The average Bonchev–Trinajstić information content (AvgIpc) is 3.46. The Labute approximate surface area is 248 Å². The molecule has 0 bridgehead atoms. The van der Waals surface area contributed by atoms with Crippen molar-refractivity contribution in [3.8, 4) is 5.75 Å². The number of carbonyl (C=O) groups excluding carboxylic acids is 1. The molecule has 0 saturated carbocycles. The molecule has 1 amide bonds. The Balaban J connectivity index is 1.67. The van der Waals surface area contributed by atoms with Crippen molar-refractivity contribution in [3.05, 3.63) is 65.1 Å². The predicted molar refractivity (Wildman–Crippen MR) is 167 cm³/mol. The first-order chi connectivity index (χ1) is 19.5. The first-order valence-electron chi connectivity index (χ1n) is 13.4. The number of aryl methyl sites for hydroxylation is 2. The Bertz CT molecular complexity index is 1670. The molecule has 0 spiro atoms. The number of benzene rings is 2. The van der Waals surface area contributed by atoms with Gasteiger partial charge in [-0.2, -0.15) is 0 Å². The number of aromatic nitrogens is 2. The number of amides is 1. The smallest absolute Gasteiger partial charge is 0.359 e. The SMILES string of the molecule is COc1c(NC(=O)c2ccc(C)c(N3C=C(c4c[n+](C)c(N(C)C)n4C)NN3)c2)cc(C(C)(C)C)cc1NS(C)(=O)=O. The number of nitrogens with zero attached hydrogens (tertiary/aromatic N) is 4. The van der Waals surface area contributed by atoms with Crippen molar-refractivity contribution in [1.29, 1.82) is 0 Å². The summed E-state index contributed by atoms with van der Waals surface area (Å²) in [6.07, 6.45) is 5.06. The third kappa shape index (κ3) is 6.31. The van der Waals surface area contributed by atoms with Crippen molar-refractivity contribution in [1.82, 2.24) is 15.5 Å². The van der Waals surface area contributed by atoms with Crippen LogP contribution >= 0.6 is 0 Å². The Kier molecular flexibility index (Phi) is 8.20. The molecule has 0 unspecified atom stereocenters. The minimum atomic E-state index is -3.59. The number of carbonyl (C=O) groups is 1. The second-order valence-corrected chi connectivity index (χ2v) is 13.5. The first-order valence-corrected chi connectivity index (χ1v) is 15.3. The molecule has 0 atom stereocenters. The molecular weight excluding hydrogens is 556 g/mol. The monoisotopic (exact) mass is 597 g/mol. The lowest BCUT2D eigenvalue weighted by molar-refractivity contribution is -0.657. The highest BCUT2D eigenvalue weighted by molar-refractivity contribution is 7.92. The molecule has 3 aromatic rings. The molecule has 226 valence electrons. The van der Waals surface area contributed by atoms with Gasteiger partial charge in [0.2, 0.25) is 10.0 Å². The molecule has 42 heavy (non-hydrogen) atoms. The van der Waals surface area contributed by atoms with E-state index in [4.69, 9.17) is 4.74 Å². The molecular formula is C29H41N8O4S+. The summed E-state index contributed by atoms with van der Waals surface area (Å²) in [6, 6.07) is 8.96. The summed E-state index contributed by atoms with van der Waals surface area (Å²) in [4.78, 5) is 15.6. The van der Waals surface area contributed by atoms with Crippen LogP contribution in [0.15, 0.2) is 42.7 Å². The summed E-state index contributed by atoms with van der Waals surface area (Å²) in [7, 11) is 5.84. The van der Waals surface area contributed by atoms with Gasteiger partial charge in [0.05, 0.1) is 64.8 Å². The van der Waals surface area contributed by atoms with Gasteiger partial charge in [-0.25, -0.2) is 17.6 Å². The Morgan fingerprint density at radius 3 is 2.36 bits per heavy atom. The van der Waals surface area contributed by atoms with Gasteiger partial charge in [-0.3, -0.25) is 24.9 Å². The molecule has 1 aliphatic heterocycles. The molecule has 1 aromatic heterocycles. The summed E-state index contributed by atoms with van der Waals surface area (Å²) in [5.41, 5.74) is 11.5. The van der Waals surface area contributed by atoms with Crippen LogP contribution in [-0.4, -0.2) is 46.4 Å². The van der Waals surface area contributed by atoms with Crippen molar-refractivity contribution in [3.63, 3.8) is 0 Å². The number of methoxy groups -OCH3 is 1. The zero-order valence-corrected chi connectivity index (χ0v) is 26.7. The Morgan fingerprint density at radius 1 is 1.12 bits per heavy atom. The number of ether oxygens (including phenoxy) is 1. The van der Waals surface area contributed by atoms with Gasteiger partial charge in [0.1, 0.15) is 11.9 Å². The molecule has 12 nitrogen and oxygen atoms in total. The van der Waals surface area contributed by atoms with Crippen molar-refractivity contribution in [2.24, 2.45) is 14.1 Å². The summed E-state index contributed by atoms with van der Waals surface area (Å²) in [5.74, 6) is 0.883. The number of hydrogen-bond acceptors (Lipinski definition) is 8. The zero-order chi connectivity index (χ0) is 31.1. The lowest BCUT2D eigenvalue weighted by atomic mass is 9.86. The third-order valence-corrected chi connectivity index (χ3v) is 7.56. The standard InChI is InChI=1S/C29H40N8O4S/c1-18-11-12-19(13-24(18)37-16-23(31-33-37)25-17-35(7)28(34(5)6)36(25)8)27(38)30-21-14-20(29(2,3)4)15-22(26(21)41-9)32-42(10,39)40/h11-17,31-33H,1-10H3/p+1. The van der Waals surface area contributed by atoms with Gasteiger partial charge >= 0.3 is 5.95 Å². The lowest BCUT2D eigenvalue weighted by Crippen LogP contribution is -2.36. The van der Waals surface area contributed by atoms with Crippen molar-refractivity contribution in [2.75, 3.05) is 47.4 Å². The van der Waals surface area contributed by atoms with Crippen molar-refractivity contribution < 1.29 is 22.5 Å². The van der Waals surface area contributed by atoms with E-state index in [2.05, 4.69) is 30.1 Å². The van der Waals surface area contributed by atoms with Crippen LogP contribution in [0.25, 0.3) is 5.70 Å². The maximum Gasteiger partial charge on any atom is 0.359 e. The summed E-state index contributed by atoms with van der Waals surface area (Å²) in [6.45, 7) is 7.99. The van der Waals surface area contributed by atoms with Crippen LogP contribution in [0, 0.1) is 6.92 Å². The fourth-order valence-corrected chi connectivity index (χ4v) is 5.52. The predicted octanol–water partition coefficient (Wildman–Crippen LogP) is 2.98. The van der Waals surface area contributed by atoms with Crippen LogP contribution in [0.1, 0.15) is 48.0 Å². The highest BCUT2D eigenvalue weighted by Gasteiger charge is 2.27. The van der Waals surface area contributed by atoms with Gasteiger partial charge in [-0.15, -0.1) is 5.53 Å². The normalized spacial score (nSPS) is 13.5. The van der Waals surface area contributed by atoms with Gasteiger partial charge in [-0.05, 0) is 47.7 Å². The van der Waals surface area contributed by atoms with E-state index in [1.807, 2.05) is 90.3 Å². The van der Waals surface area contributed by atoms with Crippen LogP contribution < -0.4 is 40.2 Å². The average molecular weight is 598 g/mol. The van der Waals surface area contributed by atoms with E-state index in [0.29, 0.717) is 11.3 Å². The van der Waals surface area contributed by atoms with Crippen molar-refractivity contribution in [2.45, 2.75) is 33.1 Å². The van der Waals surface area contributed by atoms with Crippen LogP contribution in [0.4, 0.5) is 23.0 Å². The number of sulfonamides is 1. The molecule has 0 fully saturated rings. The van der Waals surface area contributed by atoms with Gasteiger partial charge in [-0.1, -0.05) is 26.8 Å². The van der Waals surface area contributed by atoms with Crippen molar-refractivity contribution >= 4 is 44.6 Å². The molecule has 2 aromatic carbocycles. The van der Waals surface area contributed by atoms with E-state index >= 15 is 0 Å². The number of anilines is 4. The Hall–Kier alpha value is -4.23. The topological polar surface area (TPSA) is 124 Å². The first kappa shape index (κ1) is 30.7. The van der Waals surface area contributed by atoms with E-state index < -0.39 is 10.0 Å². The fourth-order valence-electron chi connectivity index (χ4n) is 4.97.